The fourth-order valence-corrected chi connectivity index (χ4v) is 2.22. The molecule has 1 saturated heterocycles. The lowest BCUT2D eigenvalue weighted by atomic mass is 10.1. The fourth-order valence-electron chi connectivity index (χ4n) is 2.22. The lowest BCUT2D eigenvalue weighted by Crippen LogP contribution is -2.31. The Morgan fingerprint density at radius 2 is 2.07 bits per heavy atom. The van der Waals surface area contributed by atoms with Gasteiger partial charge in [0.2, 0.25) is 5.91 Å². The molecule has 1 aliphatic heterocycles. The van der Waals surface area contributed by atoms with Gasteiger partial charge in [0, 0.05) is 19.0 Å². The maximum Gasteiger partial charge on any atom is 0.310 e. The molecule has 0 aromatic carbocycles. The standard InChI is InChI=1S/C11H17NO3/c1-7-5-9(7)10(13)12-4-3-8(6-12)11(14)15-2/h7-9H,3-6H2,1-2H3. The number of hydrogen-bond acceptors (Lipinski definition) is 3. The summed E-state index contributed by atoms with van der Waals surface area (Å²) in [4.78, 5) is 24.9. The van der Waals surface area contributed by atoms with Gasteiger partial charge in [0.25, 0.3) is 0 Å². The number of methoxy groups -OCH3 is 1. The molecule has 2 aliphatic rings. The number of carbonyl (C=O) groups is 2. The molecule has 84 valence electrons. The van der Waals surface area contributed by atoms with Gasteiger partial charge >= 0.3 is 5.97 Å². The molecule has 1 heterocycles. The van der Waals surface area contributed by atoms with Crippen molar-refractivity contribution in [3.63, 3.8) is 0 Å². The van der Waals surface area contributed by atoms with E-state index in [9.17, 15) is 9.59 Å². The molecular formula is C11H17NO3. The zero-order valence-electron chi connectivity index (χ0n) is 9.23. The summed E-state index contributed by atoms with van der Waals surface area (Å²) in [6, 6.07) is 0. The normalized spacial score (nSPS) is 34.0. The van der Waals surface area contributed by atoms with E-state index in [2.05, 4.69) is 11.7 Å². The smallest absolute Gasteiger partial charge is 0.310 e. The van der Waals surface area contributed by atoms with Crippen LogP contribution in [0.4, 0.5) is 0 Å². The number of nitrogens with zero attached hydrogens (tertiary/aromatic N) is 1. The molecule has 4 heteroatoms. The van der Waals surface area contributed by atoms with Gasteiger partial charge in [-0.1, -0.05) is 6.92 Å². The highest BCUT2D eigenvalue weighted by Crippen LogP contribution is 2.40. The van der Waals surface area contributed by atoms with Crippen LogP contribution in [0.2, 0.25) is 0 Å². The zero-order chi connectivity index (χ0) is 11.0. The van der Waals surface area contributed by atoms with Gasteiger partial charge in [0.05, 0.1) is 13.0 Å². The molecule has 4 nitrogen and oxygen atoms in total. The molecule has 1 amide bonds. The molecule has 1 aliphatic carbocycles. The second kappa shape index (κ2) is 3.83. The van der Waals surface area contributed by atoms with E-state index in [1.165, 1.54) is 7.11 Å². The molecule has 1 saturated carbocycles. The summed E-state index contributed by atoms with van der Waals surface area (Å²) in [6.07, 6.45) is 1.76. The van der Waals surface area contributed by atoms with Crippen molar-refractivity contribution in [3.8, 4) is 0 Å². The predicted octanol–water partition coefficient (Wildman–Crippen LogP) is 0.664. The minimum absolute atomic E-state index is 0.104. The molecular weight excluding hydrogens is 194 g/mol. The van der Waals surface area contributed by atoms with Gasteiger partial charge in [0.15, 0.2) is 0 Å². The summed E-state index contributed by atoms with van der Waals surface area (Å²) >= 11 is 0. The second-order valence-corrected chi connectivity index (χ2v) is 4.61. The largest absolute Gasteiger partial charge is 0.469 e. The third kappa shape index (κ3) is 1.98. The van der Waals surface area contributed by atoms with E-state index in [4.69, 9.17) is 0 Å². The van der Waals surface area contributed by atoms with Gasteiger partial charge in [-0.3, -0.25) is 9.59 Å². The molecule has 2 fully saturated rings. The molecule has 15 heavy (non-hydrogen) atoms. The predicted molar refractivity (Wildman–Crippen MR) is 54.0 cm³/mol. The van der Waals surface area contributed by atoms with Crippen molar-refractivity contribution in [1.29, 1.82) is 0 Å². The summed E-state index contributed by atoms with van der Waals surface area (Å²) < 4.78 is 4.68. The van der Waals surface area contributed by atoms with Crippen LogP contribution in [0.5, 0.6) is 0 Å². The van der Waals surface area contributed by atoms with Crippen molar-refractivity contribution in [2.24, 2.45) is 17.8 Å². The Hall–Kier alpha value is -1.06. The fraction of sp³-hybridized carbons (Fsp3) is 0.818. The third-order valence-electron chi connectivity index (χ3n) is 3.46. The number of amides is 1. The van der Waals surface area contributed by atoms with Crippen LogP contribution < -0.4 is 0 Å². The van der Waals surface area contributed by atoms with Crippen LogP contribution in [-0.2, 0) is 14.3 Å². The topological polar surface area (TPSA) is 46.6 Å². The van der Waals surface area contributed by atoms with Gasteiger partial charge in [0.1, 0.15) is 0 Å². The highest BCUT2D eigenvalue weighted by Gasteiger charge is 2.43. The number of hydrogen-bond donors (Lipinski definition) is 0. The summed E-state index contributed by atoms with van der Waals surface area (Å²) in [5, 5.41) is 0. The highest BCUT2D eigenvalue weighted by atomic mass is 16.5. The number of likely N-dealkylation sites (tertiary alicyclic amines) is 1. The van der Waals surface area contributed by atoms with Crippen molar-refractivity contribution in [3.05, 3.63) is 0 Å². The van der Waals surface area contributed by atoms with Crippen molar-refractivity contribution >= 4 is 11.9 Å². The molecule has 0 aromatic heterocycles. The van der Waals surface area contributed by atoms with E-state index < -0.39 is 0 Å². The minimum atomic E-state index is -0.186. The van der Waals surface area contributed by atoms with Crippen molar-refractivity contribution in [1.82, 2.24) is 4.90 Å². The van der Waals surface area contributed by atoms with Crippen LogP contribution >= 0.6 is 0 Å². The Labute approximate surface area is 89.6 Å². The summed E-state index contributed by atoms with van der Waals surface area (Å²) in [5.74, 6) is 0.701. The van der Waals surface area contributed by atoms with Crippen LogP contribution in [0.1, 0.15) is 19.8 Å². The Bertz CT molecular complexity index is 290. The lowest BCUT2D eigenvalue weighted by Gasteiger charge is -2.15. The van der Waals surface area contributed by atoms with E-state index in [1.54, 1.807) is 0 Å². The number of rotatable bonds is 2. The van der Waals surface area contributed by atoms with Crippen LogP contribution in [0.3, 0.4) is 0 Å². The SMILES string of the molecule is COC(=O)C1CCN(C(=O)C2CC2C)C1. The first-order valence-corrected chi connectivity index (χ1v) is 5.50. The van der Waals surface area contributed by atoms with E-state index >= 15 is 0 Å². The van der Waals surface area contributed by atoms with Crippen molar-refractivity contribution in [2.75, 3.05) is 20.2 Å². The number of esters is 1. The van der Waals surface area contributed by atoms with Crippen LogP contribution in [0.25, 0.3) is 0 Å². The monoisotopic (exact) mass is 211 g/mol. The Morgan fingerprint density at radius 3 is 2.60 bits per heavy atom. The van der Waals surface area contributed by atoms with Gasteiger partial charge in [-0.05, 0) is 18.8 Å². The first-order chi connectivity index (χ1) is 7.13. The summed E-state index contributed by atoms with van der Waals surface area (Å²) in [6.45, 7) is 3.35. The lowest BCUT2D eigenvalue weighted by molar-refractivity contribution is -0.145. The average molecular weight is 211 g/mol. The van der Waals surface area contributed by atoms with Crippen LogP contribution in [0.15, 0.2) is 0 Å². The minimum Gasteiger partial charge on any atom is -0.469 e. The maximum absolute atomic E-state index is 11.8. The summed E-state index contributed by atoms with van der Waals surface area (Å²) in [7, 11) is 1.40. The Balaban J connectivity index is 1.87. The van der Waals surface area contributed by atoms with E-state index in [0.29, 0.717) is 19.0 Å². The molecule has 0 N–H and O–H groups in total. The van der Waals surface area contributed by atoms with E-state index in [0.717, 1.165) is 12.8 Å². The molecule has 0 bridgehead atoms. The average Bonchev–Trinajstić information content (AvgIpc) is 2.79. The van der Waals surface area contributed by atoms with Gasteiger partial charge in [-0.25, -0.2) is 0 Å². The highest BCUT2D eigenvalue weighted by molar-refractivity contribution is 5.83. The molecule has 0 radical (unpaired) electrons. The van der Waals surface area contributed by atoms with Crippen LogP contribution in [-0.4, -0.2) is 37.0 Å². The van der Waals surface area contributed by atoms with E-state index in [-0.39, 0.29) is 23.7 Å². The first-order valence-electron chi connectivity index (χ1n) is 5.50. The molecule has 3 atom stereocenters. The van der Waals surface area contributed by atoms with Crippen LogP contribution in [0, 0.1) is 17.8 Å². The maximum atomic E-state index is 11.8. The molecule has 3 unspecified atom stereocenters. The molecule has 0 aromatic rings. The Kier molecular flexibility index (Phi) is 2.67. The quantitative estimate of drug-likeness (QED) is 0.630. The van der Waals surface area contributed by atoms with Crippen molar-refractivity contribution in [2.45, 2.75) is 19.8 Å². The van der Waals surface area contributed by atoms with Crippen molar-refractivity contribution < 1.29 is 14.3 Å². The van der Waals surface area contributed by atoms with Gasteiger partial charge in [-0.2, -0.15) is 0 Å². The molecule has 0 spiro atoms. The third-order valence-corrected chi connectivity index (χ3v) is 3.46. The summed E-state index contributed by atoms with van der Waals surface area (Å²) in [5.41, 5.74) is 0. The first kappa shape index (κ1) is 10.5. The number of ether oxygens (including phenoxy) is 1. The second-order valence-electron chi connectivity index (χ2n) is 4.61. The van der Waals surface area contributed by atoms with E-state index in [1.807, 2.05) is 4.90 Å². The number of carbonyl (C=O) groups excluding carboxylic acids is 2. The Morgan fingerprint density at radius 1 is 1.40 bits per heavy atom. The zero-order valence-corrected chi connectivity index (χ0v) is 9.23. The van der Waals surface area contributed by atoms with Gasteiger partial charge < -0.3 is 9.64 Å². The molecule has 2 rings (SSSR count). The van der Waals surface area contributed by atoms with Gasteiger partial charge in [-0.15, -0.1) is 0 Å².